The van der Waals surface area contributed by atoms with Crippen molar-refractivity contribution in [1.29, 1.82) is 0 Å². The Labute approximate surface area is 97.7 Å². The summed E-state index contributed by atoms with van der Waals surface area (Å²) >= 11 is 4.76. The van der Waals surface area contributed by atoms with E-state index in [1.165, 1.54) is 14.2 Å². The molecule has 0 aliphatic carbocycles. The Morgan fingerprint density at radius 2 is 1.71 bits per heavy atom. The first-order chi connectivity index (χ1) is 6.59. The van der Waals surface area contributed by atoms with Crippen LogP contribution in [0.1, 0.15) is 0 Å². The molecule has 1 rings (SSSR count). The van der Waals surface area contributed by atoms with Gasteiger partial charge in [-0.15, -0.1) is 0 Å². The predicted octanol–water partition coefficient (Wildman–Crippen LogP) is 2.07. The quantitative estimate of drug-likeness (QED) is 0.617. The van der Waals surface area contributed by atoms with Crippen LogP contribution in [0.5, 0.6) is 0 Å². The fraction of sp³-hybridized carbons (Fsp3) is 0.250. The van der Waals surface area contributed by atoms with Crippen molar-refractivity contribution >= 4 is 40.9 Å². The molecule has 0 amide bonds. The molecule has 0 atom stereocenters. The molecule has 0 radical (unpaired) electrons. The maximum atomic E-state index is 11.8. The van der Waals surface area contributed by atoms with Crippen LogP contribution in [0, 0.1) is 0 Å². The average molecular weight is 348 g/mol. The third-order valence-corrected chi connectivity index (χ3v) is 10.1. The summed E-state index contributed by atoms with van der Waals surface area (Å²) in [7, 11) is 2.82. The molecule has 0 aliphatic rings. The van der Waals surface area contributed by atoms with E-state index in [9.17, 15) is 4.57 Å². The molecule has 1 aromatic carbocycles. The van der Waals surface area contributed by atoms with Gasteiger partial charge < -0.3 is 0 Å². The van der Waals surface area contributed by atoms with E-state index in [1.54, 1.807) is 12.1 Å². The normalized spacial score (nSPS) is 11.6. The Hall–Kier alpha value is 0.450. The van der Waals surface area contributed by atoms with Gasteiger partial charge in [0.1, 0.15) is 0 Å². The Morgan fingerprint density at radius 3 is 2.14 bits per heavy atom. The Balaban J connectivity index is 2.78. The zero-order chi connectivity index (χ0) is 10.6. The minimum atomic E-state index is -2.83. The van der Waals surface area contributed by atoms with E-state index in [4.69, 9.17) is 20.6 Å². The summed E-state index contributed by atoms with van der Waals surface area (Å²) in [4.78, 5) is 0. The average Bonchev–Trinajstić information content (AvgIpc) is 2.21. The molecule has 0 unspecified atom stereocenters. The van der Waals surface area contributed by atoms with Crippen LogP contribution < -0.4 is 3.61 Å². The summed E-state index contributed by atoms with van der Waals surface area (Å²) < 4.78 is 22.6. The first-order valence-electron chi connectivity index (χ1n) is 3.76. The molecular weight excluding hydrogens is 338 g/mol. The second-order valence-electron chi connectivity index (χ2n) is 2.36. The van der Waals surface area contributed by atoms with Crippen molar-refractivity contribution in [3.63, 3.8) is 0 Å². The van der Waals surface area contributed by atoms with Gasteiger partial charge in [-0.2, -0.15) is 0 Å². The second kappa shape index (κ2) is 5.51. The van der Waals surface area contributed by atoms with Crippen molar-refractivity contribution in [2.45, 2.75) is 0 Å². The van der Waals surface area contributed by atoms with Gasteiger partial charge >= 0.3 is 98.0 Å². The van der Waals surface area contributed by atoms with Gasteiger partial charge in [-0.05, 0) is 0 Å². The van der Waals surface area contributed by atoms with E-state index in [2.05, 4.69) is 0 Å². The van der Waals surface area contributed by atoms with Crippen LogP contribution in [0.4, 0.5) is 0 Å². The molecule has 14 heavy (non-hydrogen) atoms. The molecule has 0 heterocycles. The van der Waals surface area contributed by atoms with Crippen molar-refractivity contribution < 1.29 is 13.6 Å². The zero-order valence-electron chi connectivity index (χ0n) is 7.77. The molecule has 0 fully saturated rings. The van der Waals surface area contributed by atoms with Gasteiger partial charge in [0.15, 0.2) is 0 Å². The molecule has 0 N–H and O–H groups in total. The van der Waals surface area contributed by atoms with Gasteiger partial charge in [0.25, 0.3) is 0 Å². The van der Waals surface area contributed by atoms with Gasteiger partial charge in [-0.25, -0.2) is 0 Å². The molecule has 0 spiro atoms. The van der Waals surface area contributed by atoms with Gasteiger partial charge in [0.05, 0.1) is 0 Å². The van der Waals surface area contributed by atoms with Crippen LogP contribution in [0.15, 0.2) is 24.3 Å². The molecule has 0 aliphatic heterocycles. The van der Waals surface area contributed by atoms with Gasteiger partial charge in [-0.3, -0.25) is 0 Å². The molecule has 1 aromatic rings. The van der Waals surface area contributed by atoms with Crippen molar-refractivity contribution in [3.05, 3.63) is 29.3 Å². The fourth-order valence-electron chi connectivity index (χ4n) is 0.774. The Morgan fingerprint density at radius 1 is 1.21 bits per heavy atom. The maximum absolute atomic E-state index is 11.8. The van der Waals surface area contributed by atoms with Gasteiger partial charge in [0, 0.05) is 0 Å². The molecule has 0 bridgehead atoms. The number of rotatable bonds is 4. The van der Waals surface area contributed by atoms with Crippen LogP contribution in [0.3, 0.4) is 0 Å². The van der Waals surface area contributed by atoms with Crippen LogP contribution in [0.2, 0.25) is 5.02 Å². The summed E-state index contributed by atoms with van der Waals surface area (Å²) in [5.41, 5.74) is 0. The predicted molar refractivity (Wildman–Crippen MR) is 58.5 cm³/mol. The molecular formula is C8H10ClO3PTe. The standard InChI is InChI=1S/C8H10ClO3PTe/c1-11-13(10,12-2)14-8-5-3-7(9)4-6-8/h3-6H,1-2H3. The molecule has 78 valence electrons. The van der Waals surface area contributed by atoms with Crippen molar-refractivity contribution in [2.75, 3.05) is 14.2 Å². The molecule has 0 saturated heterocycles. The summed E-state index contributed by atoms with van der Waals surface area (Å²) in [5, 5.41) is -2.16. The number of halogens is 1. The molecule has 0 aromatic heterocycles. The van der Waals surface area contributed by atoms with E-state index < -0.39 is 25.7 Å². The van der Waals surface area contributed by atoms with Gasteiger partial charge in [-0.1, -0.05) is 0 Å². The van der Waals surface area contributed by atoms with Crippen LogP contribution in [-0.2, 0) is 13.6 Å². The summed E-state index contributed by atoms with van der Waals surface area (Å²) in [6.45, 7) is 0. The zero-order valence-corrected chi connectivity index (χ0v) is 11.7. The van der Waals surface area contributed by atoms with Gasteiger partial charge in [0.2, 0.25) is 0 Å². The topological polar surface area (TPSA) is 35.5 Å². The summed E-state index contributed by atoms with van der Waals surface area (Å²) in [6.07, 6.45) is 0. The first-order valence-corrected chi connectivity index (χ1v) is 9.89. The summed E-state index contributed by atoms with van der Waals surface area (Å²) in [5.74, 6) is 0. The third-order valence-electron chi connectivity index (χ3n) is 1.48. The first kappa shape index (κ1) is 12.5. The monoisotopic (exact) mass is 350 g/mol. The molecule has 0 saturated carbocycles. The van der Waals surface area contributed by atoms with E-state index in [0.717, 1.165) is 3.61 Å². The molecule has 6 heteroatoms. The Kier molecular flexibility index (Phi) is 4.93. The van der Waals surface area contributed by atoms with Crippen LogP contribution in [-0.4, -0.2) is 34.6 Å². The van der Waals surface area contributed by atoms with E-state index in [1.807, 2.05) is 12.1 Å². The Bertz CT molecular complexity index is 333. The van der Waals surface area contributed by atoms with Crippen LogP contribution in [0.25, 0.3) is 0 Å². The third kappa shape index (κ3) is 3.55. The SMILES string of the molecule is COP(=O)(OC)[Te]c1ccc(Cl)cc1. The van der Waals surface area contributed by atoms with E-state index in [0.29, 0.717) is 5.02 Å². The van der Waals surface area contributed by atoms with E-state index in [-0.39, 0.29) is 0 Å². The molecule has 3 nitrogen and oxygen atoms in total. The number of hydrogen-bond donors (Lipinski definition) is 0. The summed E-state index contributed by atoms with van der Waals surface area (Å²) in [6, 6.07) is 7.26. The van der Waals surface area contributed by atoms with Crippen molar-refractivity contribution in [3.8, 4) is 0 Å². The van der Waals surface area contributed by atoms with Crippen LogP contribution >= 0.6 is 16.9 Å². The van der Waals surface area contributed by atoms with Crippen molar-refractivity contribution in [2.24, 2.45) is 0 Å². The van der Waals surface area contributed by atoms with Crippen molar-refractivity contribution in [1.82, 2.24) is 0 Å². The fourth-order valence-corrected chi connectivity index (χ4v) is 6.50. The second-order valence-corrected chi connectivity index (χ2v) is 11.3. The van der Waals surface area contributed by atoms with E-state index >= 15 is 0 Å². The number of hydrogen-bond acceptors (Lipinski definition) is 3. The number of benzene rings is 1. The minimum absolute atomic E-state index is 0.672.